The van der Waals surface area contributed by atoms with Crippen molar-refractivity contribution in [1.29, 1.82) is 0 Å². The van der Waals surface area contributed by atoms with Crippen molar-refractivity contribution in [2.45, 2.75) is 59.8 Å². The standard InChI is InChI=1S/C23H25Br2NO2S2/c1-5-7-8-13(6-2)10-26-20-19(25)12(4)30-22(20)17(23(26)28)16-15(27)9-14-18(24)11(3)29-21(14)16/h13H,5-10H2,1-4H3/b17-16-. The first-order valence-corrected chi connectivity index (χ1v) is 13.7. The number of unbranched alkanes of at least 4 members (excludes halogenated alkanes) is 1. The third kappa shape index (κ3) is 3.50. The van der Waals surface area contributed by atoms with E-state index in [0.29, 0.717) is 30.0 Å². The normalized spacial score (nSPS) is 19.1. The molecule has 0 saturated heterocycles. The van der Waals surface area contributed by atoms with Gasteiger partial charge in [-0.3, -0.25) is 9.59 Å². The van der Waals surface area contributed by atoms with Gasteiger partial charge in [0.05, 0.1) is 20.6 Å². The minimum Gasteiger partial charge on any atom is -0.305 e. The van der Waals surface area contributed by atoms with E-state index in [1.54, 1.807) is 22.7 Å². The number of thiophene rings is 2. The Balaban J connectivity index is 1.85. The lowest BCUT2D eigenvalue weighted by atomic mass is 9.98. The Morgan fingerprint density at radius 1 is 1.00 bits per heavy atom. The fraction of sp³-hybridized carbons (Fsp3) is 0.478. The summed E-state index contributed by atoms with van der Waals surface area (Å²) in [5.74, 6) is 0.518. The molecule has 0 saturated carbocycles. The van der Waals surface area contributed by atoms with Crippen molar-refractivity contribution in [3.63, 3.8) is 0 Å². The molecule has 3 heterocycles. The van der Waals surface area contributed by atoms with Crippen LogP contribution in [0.4, 0.5) is 5.69 Å². The minimum atomic E-state index is -0.00901. The van der Waals surface area contributed by atoms with Crippen molar-refractivity contribution in [2.75, 3.05) is 11.4 Å². The quantitative estimate of drug-likeness (QED) is 0.336. The van der Waals surface area contributed by atoms with E-state index in [0.717, 1.165) is 59.0 Å². The average Bonchev–Trinajstić information content (AvgIpc) is 3.35. The molecule has 30 heavy (non-hydrogen) atoms. The van der Waals surface area contributed by atoms with Crippen LogP contribution in [-0.2, 0) is 16.0 Å². The number of Topliss-reactive ketones (excluding diaryl/α,β-unsaturated/α-hetero) is 1. The Hall–Kier alpha value is -0.760. The average molecular weight is 571 g/mol. The topological polar surface area (TPSA) is 37.4 Å². The smallest absolute Gasteiger partial charge is 0.260 e. The molecule has 1 aliphatic carbocycles. The van der Waals surface area contributed by atoms with E-state index < -0.39 is 0 Å². The van der Waals surface area contributed by atoms with Gasteiger partial charge < -0.3 is 4.90 Å². The summed E-state index contributed by atoms with van der Waals surface area (Å²) in [4.78, 5) is 33.0. The number of fused-ring (bicyclic) bond motifs is 2. The number of hydrogen-bond donors (Lipinski definition) is 0. The molecule has 1 atom stereocenters. The minimum absolute atomic E-state index is 0.00901. The molecule has 0 radical (unpaired) electrons. The first kappa shape index (κ1) is 22.4. The lowest BCUT2D eigenvalue weighted by Crippen LogP contribution is -2.32. The number of amides is 1. The van der Waals surface area contributed by atoms with E-state index in [4.69, 9.17) is 0 Å². The predicted molar refractivity (Wildman–Crippen MR) is 135 cm³/mol. The van der Waals surface area contributed by atoms with Gasteiger partial charge in [0.1, 0.15) is 0 Å². The molecule has 4 rings (SSSR count). The van der Waals surface area contributed by atoms with Gasteiger partial charge in [-0.05, 0) is 63.6 Å². The van der Waals surface area contributed by atoms with Crippen molar-refractivity contribution >= 4 is 83.1 Å². The van der Waals surface area contributed by atoms with Crippen LogP contribution in [0.1, 0.15) is 64.6 Å². The fourth-order valence-corrected chi connectivity index (χ4v) is 8.11. The maximum Gasteiger partial charge on any atom is 0.260 e. The molecule has 0 spiro atoms. The highest BCUT2D eigenvalue weighted by atomic mass is 79.9. The van der Waals surface area contributed by atoms with E-state index in [9.17, 15) is 9.59 Å². The molecule has 0 bridgehead atoms. The Morgan fingerprint density at radius 2 is 1.67 bits per heavy atom. The SMILES string of the molecule is CCCCC(CC)CN1C(=O)/C(=C2/C(=O)Cc3c2sc(C)c3Br)c2sc(C)c(Br)c21. The highest BCUT2D eigenvalue weighted by Crippen LogP contribution is 2.54. The number of carbonyl (C=O) groups is 2. The number of hydrogen-bond acceptors (Lipinski definition) is 4. The number of aryl methyl sites for hydroxylation is 2. The zero-order valence-electron chi connectivity index (χ0n) is 17.7. The number of carbonyl (C=O) groups excluding carboxylic acids is 2. The maximum atomic E-state index is 13.7. The maximum absolute atomic E-state index is 13.7. The molecule has 2 aromatic rings. The van der Waals surface area contributed by atoms with Crippen LogP contribution in [0.3, 0.4) is 0 Å². The first-order valence-electron chi connectivity index (χ1n) is 10.5. The van der Waals surface area contributed by atoms with Crippen LogP contribution in [0.5, 0.6) is 0 Å². The number of nitrogens with zero attached hydrogens (tertiary/aromatic N) is 1. The number of anilines is 1. The van der Waals surface area contributed by atoms with Crippen molar-refractivity contribution < 1.29 is 9.59 Å². The molecule has 2 aromatic heterocycles. The zero-order chi connectivity index (χ0) is 21.7. The van der Waals surface area contributed by atoms with E-state index in [2.05, 4.69) is 59.6 Å². The largest absolute Gasteiger partial charge is 0.305 e. The van der Waals surface area contributed by atoms with Crippen LogP contribution in [0.15, 0.2) is 8.95 Å². The second kappa shape index (κ2) is 8.64. The Labute approximate surface area is 202 Å². The van der Waals surface area contributed by atoms with Gasteiger partial charge in [-0.25, -0.2) is 0 Å². The molecule has 1 unspecified atom stereocenters. The van der Waals surface area contributed by atoms with Gasteiger partial charge in [0.25, 0.3) is 5.91 Å². The third-order valence-electron chi connectivity index (χ3n) is 6.12. The zero-order valence-corrected chi connectivity index (χ0v) is 22.5. The number of halogens is 2. The highest BCUT2D eigenvalue weighted by molar-refractivity contribution is 9.11. The van der Waals surface area contributed by atoms with Gasteiger partial charge in [-0.1, -0.05) is 33.1 Å². The van der Waals surface area contributed by atoms with Gasteiger partial charge in [-0.15, -0.1) is 22.7 Å². The molecule has 0 N–H and O–H groups in total. The van der Waals surface area contributed by atoms with Gasteiger partial charge in [-0.2, -0.15) is 0 Å². The van der Waals surface area contributed by atoms with E-state index >= 15 is 0 Å². The van der Waals surface area contributed by atoms with Crippen LogP contribution in [0.2, 0.25) is 0 Å². The fourth-order valence-electron chi connectivity index (χ4n) is 4.39. The van der Waals surface area contributed by atoms with E-state index in [-0.39, 0.29) is 11.7 Å². The van der Waals surface area contributed by atoms with Crippen LogP contribution < -0.4 is 4.90 Å². The number of ketones is 1. The van der Waals surface area contributed by atoms with Gasteiger partial charge in [0, 0.05) is 37.6 Å². The van der Waals surface area contributed by atoms with Crippen molar-refractivity contribution in [2.24, 2.45) is 5.92 Å². The predicted octanol–water partition coefficient (Wildman–Crippen LogP) is 7.55. The molecule has 7 heteroatoms. The molecule has 3 nitrogen and oxygen atoms in total. The van der Waals surface area contributed by atoms with Gasteiger partial charge >= 0.3 is 0 Å². The summed E-state index contributed by atoms with van der Waals surface area (Å²) in [5.41, 5.74) is 3.26. The van der Waals surface area contributed by atoms with E-state index in [1.807, 2.05) is 4.90 Å². The Kier molecular flexibility index (Phi) is 6.46. The summed E-state index contributed by atoms with van der Waals surface area (Å²) in [5, 5.41) is 0. The second-order valence-electron chi connectivity index (χ2n) is 8.11. The van der Waals surface area contributed by atoms with E-state index in [1.165, 1.54) is 6.42 Å². The third-order valence-corrected chi connectivity index (χ3v) is 11.0. The molecule has 2 aliphatic rings. The van der Waals surface area contributed by atoms with Gasteiger partial charge in [0.2, 0.25) is 0 Å². The monoisotopic (exact) mass is 569 g/mol. The van der Waals surface area contributed by atoms with Gasteiger partial charge in [0.15, 0.2) is 5.78 Å². The Bertz CT molecular complexity index is 1080. The van der Waals surface area contributed by atoms with Crippen molar-refractivity contribution in [1.82, 2.24) is 0 Å². The number of rotatable bonds is 6. The van der Waals surface area contributed by atoms with Crippen LogP contribution >= 0.6 is 54.5 Å². The molecular weight excluding hydrogens is 546 g/mol. The molecule has 0 fully saturated rings. The van der Waals surface area contributed by atoms with Crippen LogP contribution in [0, 0.1) is 19.8 Å². The van der Waals surface area contributed by atoms with Crippen molar-refractivity contribution in [3.05, 3.63) is 34.0 Å². The molecule has 160 valence electrons. The first-order chi connectivity index (χ1) is 14.3. The van der Waals surface area contributed by atoms with Crippen LogP contribution in [0.25, 0.3) is 11.1 Å². The Morgan fingerprint density at radius 3 is 2.33 bits per heavy atom. The summed E-state index contributed by atoms with van der Waals surface area (Å²) in [6, 6.07) is 0. The summed E-state index contributed by atoms with van der Waals surface area (Å²) in [6.45, 7) is 9.24. The summed E-state index contributed by atoms with van der Waals surface area (Å²) in [7, 11) is 0. The second-order valence-corrected chi connectivity index (χ2v) is 12.1. The highest BCUT2D eigenvalue weighted by Gasteiger charge is 2.43. The summed E-state index contributed by atoms with van der Waals surface area (Å²) < 4.78 is 2.01. The van der Waals surface area contributed by atoms with Crippen molar-refractivity contribution in [3.8, 4) is 0 Å². The molecule has 0 aromatic carbocycles. The summed E-state index contributed by atoms with van der Waals surface area (Å²) >= 11 is 10.6. The lowest BCUT2D eigenvalue weighted by molar-refractivity contribution is -0.114. The lowest BCUT2D eigenvalue weighted by Gasteiger charge is -2.24. The molecule has 1 amide bonds. The molecular formula is C23H25Br2NO2S2. The molecule has 1 aliphatic heterocycles. The number of allylic oxidation sites excluding steroid dienone is 1. The van der Waals surface area contributed by atoms with Crippen LogP contribution in [-0.4, -0.2) is 18.2 Å². The summed E-state index contributed by atoms with van der Waals surface area (Å²) in [6.07, 6.45) is 4.89.